The van der Waals surface area contributed by atoms with Gasteiger partial charge in [0.05, 0.1) is 13.2 Å². The average Bonchev–Trinajstić information content (AvgIpc) is 2.39. The van der Waals surface area contributed by atoms with E-state index in [0.29, 0.717) is 6.54 Å². The minimum absolute atomic E-state index is 0.00838. The van der Waals surface area contributed by atoms with Gasteiger partial charge in [0.1, 0.15) is 0 Å². The second-order valence-electron chi connectivity index (χ2n) is 5.22. The molecule has 1 aliphatic heterocycles. The molecule has 0 aliphatic carbocycles. The summed E-state index contributed by atoms with van der Waals surface area (Å²) in [4.78, 5) is 14.1. The van der Waals surface area contributed by atoms with E-state index in [2.05, 4.69) is 10.2 Å². The summed E-state index contributed by atoms with van der Waals surface area (Å²) < 4.78 is 0. The van der Waals surface area contributed by atoms with Crippen molar-refractivity contribution in [1.82, 2.24) is 4.90 Å². The van der Waals surface area contributed by atoms with Gasteiger partial charge in [0.15, 0.2) is 0 Å². The number of hydrogen-bond acceptors (Lipinski definition) is 3. The van der Waals surface area contributed by atoms with Crippen LogP contribution in [-0.4, -0.2) is 41.7 Å². The zero-order valence-corrected chi connectivity index (χ0v) is 11.4. The second-order valence-corrected chi connectivity index (χ2v) is 5.22. The van der Waals surface area contributed by atoms with Crippen molar-refractivity contribution in [2.45, 2.75) is 32.2 Å². The number of aliphatic hydroxyl groups excluding tert-OH is 1. The van der Waals surface area contributed by atoms with Crippen LogP contribution in [0.3, 0.4) is 0 Å². The number of hydrogen-bond donors (Lipinski definition) is 2. The van der Waals surface area contributed by atoms with E-state index in [1.807, 2.05) is 31.2 Å². The van der Waals surface area contributed by atoms with Crippen molar-refractivity contribution in [3.05, 3.63) is 29.8 Å². The molecular formula is C15H22N2O2. The lowest BCUT2D eigenvalue weighted by molar-refractivity contribution is -0.118. The van der Waals surface area contributed by atoms with E-state index < -0.39 is 0 Å². The maximum absolute atomic E-state index is 12.0. The Hall–Kier alpha value is -1.39. The van der Waals surface area contributed by atoms with Gasteiger partial charge in [-0.05, 0) is 44.0 Å². The lowest BCUT2D eigenvalue weighted by atomic mass is 10.0. The van der Waals surface area contributed by atoms with E-state index in [1.165, 1.54) is 0 Å². The molecule has 4 heteroatoms. The SMILES string of the molecule is Cc1cccc(NC(=O)CN2CCCCC2CO)c1. The molecule has 2 N–H and O–H groups in total. The van der Waals surface area contributed by atoms with E-state index in [4.69, 9.17) is 0 Å². The number of amides is 1. The van der Waals surface area contributed by atoms with Crippen LogP contribution in [0.2, 0.25) is 0 Å². The maximum Gasteiger partial charge on any atom is 0.238 e. The van der Waals surface area contributed by atoms with Crippen LogP contribution in [0.4, 0.5) is 5.69 Å². The van der Waals surface area contributed by atoms with Crippen LogP contribution in [0.5, 0.6) is 0 Å². The van der Waals surface area contributed by atoms with Crippen molar-refractivity contribution >= 4 is 11.6 Å². The fraction of sp³-hybridized carbons (Fsp3) is 0.533. The molecule has 1 amide bonds. The van der Waals surface area contributed by atoms with E-state index in [0.717, 1.165) is 37.1 Å². The van der Waals surface area contributed by atoms with Gasteiger partial charge in [0.2, 0.25) is 5.91 Å². The number of piperidine rings is 1. The quantitative estimate of drug-likeness (QED) is 0.869. The summed E-state index contributed by atoms with van der Waals surface area (Å²) in [5, 5.41) is 12.2. The molecule has 0 radical (unpaired) electrons. The predicted octanol–water partition coefficient (Wildman–Crippen LogP) is 1.78. The third kappa shape index (κ3) is 4.04. The van der Waals surface area contributed by atoms with Crippen molar-refractivity contribution in [2.75, 3.05) is 25.0 Å². The second kappa shape index (κ2) is 6.68. The van der Waals surface area contributed by atoms with E-state index in [9.17, 15) is 9.90 Å². The Balaban J connectivity index is 1.90. The molecule has 4 nitrogen and oxygen atoms in total. The topological polar surface area (TPSA) is 52.6 Å². The average molecular weight is 262 g/mol. The molecule has 0 spiro atoms. The van der Waals surface area contributed by atoms with Crippen LogP contribution >= 0.6 is 0 Å². The third-order valence-corrected chi connectivity index (χ3v) is 3.61. The summed E-state index contributed by atoms with van der Waals surface area (Å²) in [5.41, 5.74) is 1.96. The summed E-state index contributed by atoms with van der Waals surface area (Å²) in [6.45, 7) is 3.39. The van der Waals surface area contributed by atoms with Gasteiger partial charge in [0, 0.05) is 11.7 Å². The standard InChI is InChI=1S/C15H22N2O2/c1-12-5-4-6-13(9-12)16-15(19)10-17-8-3-2-7-14(17)11-18/h4-6,9,14,18H,2-3,7-8,10-11H2,1H3,(H,16,19). The van der Waals surface area contributed by atoms with Crippen molar-refractivity contribution < 1.29 is 9.90 Å². The fourth-order valence-electron chi connectivity index (χ4n) is 2.58. The first-order valence-electron chi connectivity index (χ1n) is 6.90. The van der Waals surface area contributed by atoms with Crippen LogP contribution in [0.25, 0.3) is 0 Å². The normalized spacial score (nSPS) is 20.2. The number of carbonyl (C=O) groups is 1. The number of nitrogens with zero attached hydrogens (tertiary/aromatic N) is 1. The number of likely N-dealkylation sites (tertiary alicyclic amines) is 1. The maximum atomic E-state index is 12.0. The Morgan fingerprint density at radius 3 is 3.05 bits per heavy atom. The van der Waals surface area contributed by atoms with Gasteiger partial charge in [-0.25, -0.2) is 0 Å². The zero-order chi connectivity index (χ0) is 13.7. The van der Waals surface area contributed by atoms with Gasteiger partial charge in [-0.3, -0.25) is 9.69 Å². The molecule has 1 unspecified atom stereocenters. The van der Waals surface area contributed by atoms with Crippen molar-refractivity contribution in [2.24, 2.45) is 0 Å². The fourth-order valence-corrected chi connectivity index (χ4v) is 2.58. The number of benzene rings is 1. The van der Waals surface area contributed by atoms with E-state index in [-0.39, 0.29) is 18.6 Å². The summed E-state index contributed by atoms with van der Waals surface area (Å²) in [7, 11) is 0. The molecule has 1 fully saturated rings. The highest BCUT2D eigenvalue weighted by atomic mass is 16.3. The Morgan fingerprint density at radius 1 is 1.47 bits per heavy atom. The molecule has 19 heavy (non-hydrogen) atoms. The summed E-state index contributed by atoms with van der Waals surface area (Å²) in [6, 6.07) is 7.92. The molecule has 104 valence electrons. The molecule has 0 saturated carbocycles. The van der Waals surface area contributed by atoms with Gasteiger partial charge >= 0.3 is 0 Å². The lowest BCUT2D eigenvalue weighted by Gasteiger charge is -2.33. The largest absolute Gasteiger partial charge is 0.395 e. The molecular weight excluding hydrogens is 240 g/mol. The highest BCUT2D eigenvalue weighted by molar-refractivity contribution is 5.92. The predicted molar refractivity (Wildman–Crippen MR) is 76.1 cm³/mol. The summed E-state index contributed by atoms with van der Waals surface area (Å²) >= 11 is 0. The third-order valence-electron chi connectivity index (χ3n) is 3.61. The Bertz CT molecular complexity index is 434. The Morgan fingerprint density at radius 2 is 2.32 bits per heavy atom. The van der Waals surface area contributed by atoms with E-state index in [1.54, 1.807) is 0 Å². The molecule has 1 atom stereocenters. The number of nitrogens with one attached hydrogen (secondary N) is 1. The van der Waals surface area contributed by atoms with Gasteiger partial charge in [-0.1, -0.05) is 18.6 Å². The first-order chi connectivity index (χ1) is 9.19. The number of rotatable bonds is 4. The van der Waals surface area contributed by atoms with Crippen LogP contribution in [-0.2, 0) is 4.79 Å². The smallest absolute Gasteiger partial charge is 0.238 e. The molecule has 1 heterocycles. The van der Waals surface area contributed by atoms with Crippen molar-refractivity contribution in [1.29, 1.82) is 0 Å². The van der Waals surface area contributed by atoms with Gasteiger partial charge < -0.3 is 10.4 Å². The molecule has 1 aromatic rings. The van der Waals surface area contributed by atoms with Crippen molar-refractivity contribution in [3.63, 3.8) is 0 Å². The first-order valence-corrected chi connectivity index (χ1v) is 6.90. The molecule has 2 rings (SSSR count). The highest BCUT2D eigenvalue weighted by Gasteiger charge is 2.23. The summed E-state index contributed by atoms with van der Waals surface area (Å²) in [6.07, 6.45) is 3.23. The first kappa shape index (κ1) is 14.0. The van der Waals surface area contributed by atoms with Gasteiger partial charge in [0.25, 0.3) is 0 Å². The minimum Gasteiger partial charge on any atom is -0.395 e. The number of anilines is 1. The van der Waals surface area contributed by atoms with Crippen LogP contribution in [0, 0.1) is 6.92 Å². The molecule has 1 aromatic carbocycles. The lowest BCUT2D eigenvalue weighted by Crippen LogP contribution is -2.45. The monoisotopic (exact) mass is 262 g/mol. The molecule has 1 saturated heterocycles. The molecule has 1 aliphatic rings. The van der Waals surface area contributed by atoms with Crippen LogP contribution in [0.1, 0.15) is 24.8 Å². The summed E-state index contributed by atoms with van der Waals surface area (Å²) in [5.74, 6) is -0.00838. The molecule has 0 aromatic heterocycles. The van der Waals surface area contributed by atoms with E-state index >= 15 is 0 Å². The number of aryl methyl sites for hydroxylation is 1. The van der Waals surface area contributed by atoms with Crippen LogP contribution in [0.15, 0.2) is 24.3 Å². The van der Waals surface area contributed by atoms with Gasteiger partial charge in [-0.15, -0.1) is 0 Å². The highest BCUT2D eigenvalue weighted by Crippen LogP contribution is 2.16. The molecule has 0 bridgehead atoms. The minimum atomic E-state index is -0.00838. The van der Waals surface area contributed by atoms with Crippen LogP contribution < -0.4 is 5.32 Å². The van der Waals surface area contributed by atoms with Crippen molar-refractivity contribution in [3.8, 4) is 0 Å². The number of aliphatic hydroxyl groups is 1. The zero-order valence-electron chi connectivity index (χ0n) is 11.4. The number of carbonyl (C=O) groups excluding carboxylic acids is 1. The van der Waals surface area contributed by atoms with Gasteiger partial charge in [-0.2, -0.15) is 0 Å². The Labute approximate surface area is 114 Å². The Kier molecular flexibility index (Phi) is 4.93.